The normalized spacial score (nSPS) is 11.0. The molecule has 3 rings (SSSR count). The molecular formula is C16H12F3N3O2. The highest BCUT2D eigenvalue weighted by molar-refractivity contribution is 6.04. The molecule has 24 heavy (non-hydrogen) atoms. The lowest BCUT2D eigenvalue weighted by Gasteiger charge is -2.17. The van der Waals surface area contributed by atoms with Gasteiger partial charge in [-0.2, -0.15) is 0 Å². The minimum absolute atomic E-state index is 0.0313. The molecule has 0 aliphatic heterocycles. The molecule has 0 spiro atoms. The first-order valence-electron chi connectivity index (χ1n) is 6.87. The van der Waals surface area contributed by atoms with Crippen LogP contribution in [0.4, 0.5) is 18.9 Å². The van der Waals surface area contributed by atoms with E-state index >= 15 is 0 Å². The van der Waals surface area contributed by atoms with Gasteiger partial charge >= 0.3 is 5.97 Å². The number of nitrogens with zero attached hydrogens (tertiary/aromatic N) is 3. The molecular weight excluding hydrogens is 323 g/mol. The molecule has 2 aromatic heterocycles. The molecule has 0 saturated heterocycles. The summed E-state index contributed by atoms with van der Waals surface area (Å²) < 4.78 is 42.1. The van der Waals surface area contributed by atoms with E-state index in [9.17, 15) is 23.1 Å². The molecule has 0 amide bonds. The SMILES string of the molecule is CN(C)c1c(C(=O)O)cnc2c1ccn2-c1cc(F)cc(F)c1F. The maximum absolute atomic E-state index is 14.0. The Hall–Kier alpha value is -3.03. The molecule has 0 fully saturated rings. The topological polar surface area (TPSA) is 58.4 Å². The number of anilines is 1. The van der Waals surface area contributed by atoms with Crippen molar-refractivity contribution in [3.8, 4) is 5.69 Å². The Kier molecular flexibility index (Phi) is 3.67. The number of carbonyl (C=O) groups is 1. The first kappa shape index (κ1) is 15.9. The third kappa shape index (κ3) is 2.36. The van der Waals surface area contributed by atoms with Gasteiger partial charge in [0.15, 0.2) is 11.6 Å². The van der Waals surface area contributed by atoms with Crippen LogP contribution in [0.3, 0.4) is 0 Å². The van der Waals surface area contributed by atoms with E-state index in [1.165, 1.54) is 16.8 Å². The Bertz CT molecular complexity index is 967. The number of carboxylic acids is 1. The molecule has 0 aliphatic rings. The second kappa shape index (κ2) is 5.55. The van der Waals surface area contributed by atoms with E-state index < -0.39 is 23.4 Å². The van der Waals surface area contributed by atoms with Crippen molar-refractivity contribution in [2.24, 2.45) is 0 Å². The van der Waals surface area contributed by atoms with Gasteiger partial charge < -0.3 is 10.0 Å². The van der Waals surface area contributed by atoms with Crippen LogP contribution in [-0.2, 0) is 0 Å². The summed E-state index contributed by atoms with van der Waals surface area (Å²) in [7, 11) is 3.31. The van der Waals surface area contributed by atoms with Crippen molar-refractivity contribution in [3.63, 3.8) is 0 Å². The molecule has 0 aliphatic carbocycles. The summed E-state index contributed by atoms with van der Waals surface area (Å²) in [6.45, 7) is 0. The van der Waals surface area contributed by atoms with Crippen molar-refractivity contribution >= 4 is 22.7 Å². The van der Waals surface area contributed by atoms with Crippen LogP contribution in [0.15, 0.2) is 30.6 Å². The summed E-state index contributed by atoms with van der Waals surface area (Å²) in [5.41, 5.74) is 0.176. The van der Waals surface area contributed by atoms with Crippen LogP contribution in [0, 0.1) is 17.5 Å². The highest BCUT2D eigenvalue weighted by Crippen LogP contribution is 2.31. The Morgan fingerprint density at radius 3 is 2.58 bits per heavy atom. The van der Waals surface area contributed by atoms with Crippen LogP contribution in [-0.4, -0.2) is 34.7 Å². The lowest BCUT2D eigenvalue weighted by atomic mass is 10.1. The van der Waals surface area contributed by atoms with Gasteiger partial charge in [0, 0.05) is 44.0 Å². The van der Waals surface area contributed by atoms with Gasteiger partial charge in [0.05, 0.1) is 11.4 Å². The van der Waals surface area contributed by atoms with Crippen LogP contribution >= 0.6 is 0 Å². The van der Waals surface area contributed by atoms with Crippen LogP contribution in [0.25, 0.3) is 16.7 Å². The van der Waals surface area contributed by atoms with E-state index in [1.807, 2.05) is 0 Å². The predicted molar refractivity (Wildman–Crippen MR) is 82.2 cm³/mol. The van der Waals surface area contributed by atoms with Crippen molar-refractivity contribution in [2.75, 3.05) is 19.0 Å². The van der Waals surface area contributed by atoms with Crippen molar-refractivity contribution in [2.45, 2.75) is 0 Å². The van der Waals surface area contributed by atoms with Crippen LogP contribution < -0.4 is 4.90 Å². The monoisotopic (exact) mass is 335 g/mol. The van der Waals surface area contributed by atoms with E-state index in [2.05, 4.69) is 4.98 Å². The van der Waals surface area contributed by atoms with E-state index in [4.69, 9.17) is 0 Å². The summed E-state index contributed by atoms with van der Waals surface area (Å²) in [4.78, 5) is 17.0. The smallest absolute Gasteiger partial charge is 0.339 e. The number of hydrogen-bond donors (Lipinski definition) is 1. The van der Waals surface area contributed by atoms with Crippen LogP contribution in [0.1, 0.15) is 10.4 Å². The van der Waals surface area contributed by atoms with E-state index in [-0.39, 0.29) is 16.9 Å². The second-order valence-corrected chi connectivity index (χ2v) is 5.36. The van der Waals surface area contributed by atoms with Crippen LogP contribution in [0.5, 0.6) is 0 Å². The van der Waals surface area contributed by atoms with Gasteiger partial charge in [-0.15, -0.1) is 0 Å². The van der Waals surface area contributed by atoms with E-state index in [1.54, 1.807) is 19.0 Å². The second-order valence-electron chi connectivity index (χ2n) is 5.36. The quantitative estimate of drug-likeness (QED) is 0.747. The zero-order valence-electron chi connectivity index (χ0n) is 12.7. The molecule has 8 heteroatoms. The lowest BCUT2D eigenvalue weighted by molar-refractivity contribution is 0.0697. The molecule has 0 atom stereocenters. The molecule has 0 saturated carbocycles. The number of aromatic carboxylic acids is 1. The van der Waals surface area contributed by atoms with Crippen molar-refractivity contribution in [3.05, 3.63) is 53.6 Å². The Labute approximate surface area is 134 Å². The van der Waals surface area contributed by atoms with Gasteiger partial charge in [-0.1, -0.05) is 0 Å². The average molecular weight is 335 g/mol. The molecule has 124 valence electrons. The number of aromatic nitrogens is 2. The number of hydrogen-bond acceptors (Lipinski definition) is 3. The third-order valence-electron chi connectivity index (χ3n) is 3.60. The molecule has 1 N–H and O–H groups in total. The predicted octanol–water partition coefficient (Wildman–Crippen LogP) is 3.21. The number of pyridine rings is 1. The summed E-state index contributed by atoms with van der Waals surface area (Å²) in [6.07, 6.45) is 2.51. The fraction of sp³-hybridized carbons (Fsp3) is 0.125. The zero-order valence-corrected chi connectivity index (χ0v) is 12.7. The van der Waals surface area contributed by atoms with Gasteiger partial charge in [-0.3, -0.25) is 4.57 Å². The maximum atomic E-state index is 14.0. The van der Waals surface area contributed by atoms with Gasteiger partial charge in [-0.25, -0.2) is 22.9 Å². The van der Waals surface area contributed by atoms with Gasteiger partial charge in [-0.05, 0) is 6.07 Å². The zero-order chi connectivity index (χ0) is 17.6. The van der Waals surface area contributed by atoms with Crippen molar-refractivity contribution in [1.82, 2.24) is 9.55 Å². The Morgan fingerprint density at radius 2 is 1.96 bits per heavy atom. The Balaban J connectivity index is 2.34. The molecule has 3 aromatic rings. The highest BCUT2D eigenvalue weighted by atomic mass is 19.2. The lowest BCUT2D eigenvalue weighted by Crippen LogP contribution is -2.15. The van der Waals surface area contributed by atoms with E-state index in [0.717, 1.165) is 12.3 Å². The summed E-state index contributed by atoms with van der Waals surface area (Å²) in [5.74, 6) is -4.63. The fourth-order valence-electron chi connectivity index (χ4n) is 2.62. The van der Waals surface area contributed by atoms with Gasteiger partial charge in [0.25, 0.3) is 0 Å². The van der Waals surface area contributed by atoms with Crippen molar-refractivity contribution in [1.29, 1.82) is 0 Å². The number of benzene rings is 1. The first-order chi connectivity index (χ1) is 11.3. The molecule has 0 bridgehead atoms. The minimum atomic E-state index is -1.32. The highest BCUT2D eigenvalue weighted by Gasteiger charge is 2.20. The number of fused-ring (bicyclic) bond motifs is 1. The fourth-order valence-corrected chi connectivity index (χ4v) is 2.62. The van der Waals surface area contributed by atoms with Crippen molar-refractivity contribution < 1.29 is 23.1 Å². The number of rotatable bonds is 3. The summed E-state index contributed by atoms with van der Waals surface area (Å²) >= 11 is 0. The molecule has 1 aromatic carbocycles. The van der Waals surface area contributed by atoms with Gasteiger partial charge in [0.1, 0.15) is 17.0 Å². The number of carboxylic acid groups (broad SMARTS) is 1. The van der Waals surface area contributed by atoms with Gasteiger partial charge in [0.2, 0.25) is 0 Å². The largest absolute Gasteiger partial charge is 0.478 e. The molecule has 2 heterocycles. The summed E-state index contributed by atoms with van der Waals surface area (Å²) in [6, 6.07) is 2.82. The van der Waals surface area contributed by atoms with E-state index in [0.29, 0.717) is 17.1 Å². The van der Waals surface area contributed by atoms with Crippen LogP contribution in [0.2, 0.25) is 0 Å². The average Bonchev–Trinajstić information content (AvgIpc) is 2.93. The first-order valence-corrected chi connectivity index (χ1v) is 6.87. The number of halogens is 3. The standard InChI is InChI=1S/C16H12F3N3O2/c1-21(2)14-9-3-4-22(15(9)20-7-10(14)16(23)24)12-6-8(17)5-11(18)13(12)19/h3-7H,1-2H3,(H,23,24). The summed E-state index contributed by atoms with van der Waals surface area (Å²) in [5, 5.41) is 9.70. The molecule has 5 nitrogen and oxygen atoms in total. The molecule has 0 radical (unpaired) electrons. The molecule has 0 unspecified atom stereocenters. The minimum Gasteiger partial charge on any atom is -0.478 e. The Morgan fingerprint density at radius 1 is 1.25 bits per heavy atom. The maximum Gasteiger partial charge on any atom is 0.339 e. The third-order valence-corrected chi connectivity index (χ3v) is 3.60.